The van der Waals surface area contributed by atoms with E-state index in [-0.39, 0.29) is 24.0 Å². The molecule has 1 aliphatic carbocycles. The molecule has 0 saturated heterocycles. The molecule has 2 rings (SSSR count). The first kappa shape index (κ1) is 21.0. The number of aromatic nitrogens is 1. The summed E-state index contributed by atoms with van der Waals surface area (Å²) in [6.07, 6.45) is 4.44. The lowest BCUT2D eigenvalue weighted by molar-refractivity contribution is 0.288. The molecular weight excluding hydrogens is 415 g/mol. The van der Waals surface area contributed by atoms with Crippen molar-refractivity contribution in [2.45, 2.75) is 53.1 Å². The van der Waals surface area contributed by atoms with E-state index in [1.165, 1.54) is 12.8 Å². The molecule has 2 N–H and O–H groups in total. The molecule has 24 heavy (non-hydrogen) atoms. The van der Waals surface area contributed by atoms with Crippen LogP contribution in [0.15, 0.2) is 23.3 Å². The van der Waals surface area contributed by atoms with Gasteiger partial charge in [0.25, 0.3) is 0 Å². The third-order valence-corrected chi connectivity index (χ3v) is 4.09. The van der Waals surface area contributed by atoms with E-state index in [2.05, 4.69) is 48.3 Å². The monoisotopic (exact) mass is 446 g/mol. The van der Waals surface area contributed by atoms with Gasteiger partial charge in [-0.2, -0.15) is 0 Å². The predicted octanol–water partition coefficient (Wildman–Crippen LogP) is 3.59. The average Bonchev–Trinajstić information content (AvgIpc) is 3.36. The molecule has 1 heterocycles. The van der Waals surface area contributed by atoms with E-state index in [1.807, 2.05) is 18.3 Å². The molecule has 1 fully saturated rings. The number of nitrogens with one attached hydrogen (secondary N) is 2. The third kappa shape index (κ3) is 7.68. The number of rotatable bonds is 8. The number of hydrogen-bond donors (Lipinski definition) is 2. The van der Waals surface area contributed by atoms with Crippen molar-refractivity contribution in [3.63, 3.8) is 0 Å². The molecule has 1 atom stereocenters. The van der Waals surface area contributed by atoms with Crippen molar-refractivity contribution in [1.82, 2.24) is 15.6 Å². The summed E-state index contributed by atoms with van der Waals surface area (Å²) >= 11 is 0. The van der Waals surface area contributed by atoms with E-state index >= 15 is 0 Å². The second-order valence-corrected chi connectivity index (χ2v) is 6.63. The van der Waals surface area contributed by atoms with E-state index in [9.17, 15) is 0 Å². The molecule has 1 aliphatic rings. The summed E-state index contributed by atoms with van der Waals surface area (Å²) in [6, 6.07) is 4.35. The van der Waals surface area contributed by atoms with Crippen LogP contribution in [0.4, 0.5) is 0 Å². The number of aliphatic imine (C=N–C) groups is 1. The second-order valence-electron chi connectivity index (χ2n) is 6.63. The van der Waals surface area contributed by atoms with Crippen molar-refractivity contribution >= 4 is 29.9 Å². The van der Waals surface area contributed by atoms with Crippen LogP contribution in [0.5, 0.6) is 5.88 Å². The van der Waals surface area contributed by atoms with E-state index in [0.717, 1.165) is 30.6 Å². The van der Waals surface area contributed by atoms with Crippen molar-refractivity contribution in [1.29, 1.82) is 0 Å². The minimum Gasteiger partial charge on any atom is -0.477 e. The van der Waals surface area contributed by atoms with Gasteiger partial charge in [0.05, 0.1) is 13.2 Å². The van der Waals surface area contributed by atoms with E-state index in [4.69, 9.17) is 4.74 Å². The molecular formula is C18H31IN4O. The first-order valence-electron chi connectivity index (χ1n) is 8.71. The van der Waals surface area contributed by atoms with Gasteiger partial charge in [-0.05, 0) is 44.1 Å². The highest BCUT2D eigenvalue weighted by atomic mass is 127. The van der Waals surface area contributed by atoms with Crippen LogP contribution in [0.25, 0.3) is 0 Å². The van der Waals surface area contributed by atoms with E-state index < -0.39 is 0 Å². The number of pyridine rings is 1. The number of guanidine groups is 1. The number of ether oxygens (including phenoxy) is 1. The largest absolute Gasteiger partial charge is 0.477 e. The van der Waals surface area contributed by atoms with Crippen molar-refractivity contribution in [2.24, 2.45) is 16.8 Å². The molecule has 0 amide bonds. The molecule has 0 aromatic carbocycles. The Labute approximate surface area is 163 Å². The highest BCUT2D eigenvalue weighted by Gasteiger charge is 2.22. The number of nitrogens with zero attached hydrogens (tertiary/aromatic N) is 2. The predicted molar refractivity (Wildman–Crippen MR) is 110 cm³/mol. The Morgan fingerprint density at radius 2 is 2.08 bits per heavy atom. The summed E-state index contributed by atoms with van der Waals surface area (Å²) < 4.78 is 5.66. The van der Waals surface area contributed by atoms with Crippen LogP contribution in [-0.4, -0.2) is 30.1 Å². The molecule has 5 nitrogen and oxygen atoms in total. The van der Waals surface area contributed by atoms with Crippen molar-refractivity contribution in [3.8, 4) is 5.88 Å². The molecule has 0 spiro atoms. The molecule has 0 radical (unpaired) electrons. The fraction of sp³-hybridized carbons (Fsp3) is 0.667. The SMILES string of the molecule is CCNC(=NCc1ccc(OCC2CC2)nc1)NC(C)C(C)C.I. The third-order valence-electron chi connectivity index (χ3n) is 4.09. The zero-order valence-electron chi connectivity index (χ0n) is 15.2. The van der Waals surface area contributed by atoms with Gasteiger partial charge < -0.3 is 15.4 Å². The van der Waals surface area contributed by atoms with Crippen molar-refractivity contribution < 1.29 is 4.74 Å². The summed E-state index contributed by atoms with van der Waals surface area (Å²) in [4.78, 5) is 8.99. The van der Waals surface area contributed by atoms with Gasteiger partial charge >= 0.3 is 0 Å². The molecule has 6 heteroatoms. The molecule has 0 aliphatic heterocycles. The molecule has 1 aromatic rings. The van der Waals surface area contributed by atoms with Gasteiger partial charge in [0.2, 0.25) is 5.88 Å². The van der Waals surface area contributed by atoms with E-state index in [1.54, 1.807) is 0 Å². The molecule has 136 valence electrons. The van der Waals surface area contributed by atoms with Crippen LogP contribution in [0.1, 0.15) is 46.1 Å². The van der Waals surface area contributed by atoms with Gasteiger partial charge in [0.15, 0.2) is 5.96 Å². The number of halogens is 1. The van der Waals surface area contributed by atoms with Crippen molar-refractivity contribution in [3.05, 3.63) is 23.9 Å². The Morgan fingerprint density at radius 1 is 1.33 bits per heavy atom. The summed E-state index contributed by atoms with van der Waals surface area (Å²) in [5, 5.41) is 6.72. The quantitative estimate of drug-likeness (QED) is 0.364. The maximum absolute atomic E-state index is 5.66. The minimum absolute atomic E-state index is 0. The highest BCUT2D eigenvalue weighted by Crippen LogP contribution is 2.29. The van der Waals surface area contributed by atoms with Crippen LogP contribution < -0.4 is 15.4 Å². The first-order chi connectivity index (χ1) is 11.1. The summed E-state index contributed by atoms with van der Waals surface area (Å²) in [5.41, 5.74) is 1.08. The number of hydrogen-bond acceptors (Lipinski definition) is 3. The fourth-order valence-corrected chi connectivity index (χ4v) is 1.95. The normalized spacial score (nSPS) is 15.6. The van der Waals surface area contributed by atoms with Gasteiger partial charge in [0, 0.05) is 24.8 Å². The fourth-order valence-electron chi connectivity index (χ4n) is 1.95. The van der Waals surface area contributed by atoms with Crippen LogP contribution in [0.3, 0.4) is 0 Å². The van der Waals surface area contributed by atoms with Gasteiger partial charge in [-0.3, -0.25) is 0 Å². The first-order valence-corrected chi connectivity index (χ1v) is 8.71. The Bertz CT molecular complexity index is 500. The Hall–Kier alpha value is -1.05. The van der Waals surface area contributed by atoms with Gasteiger partial charge in [0.1, 0.15) is 0 Å². The topological polar surface area (TPSA) is 58.5 Å². The zero-order valence-corrected chi connectivity index (χ0v) is 17.5. The van der Waals surface area contributed by atoms with Crippen molar-refractivity contribution in [2.75, 3.05) is 13.2 Å². The van der Waals surface area contributed by atoms with E-state index in [0.29, 0.717) is 24.4 Å². The van der Waals surface area contributed by atoms with Gasteiger partial charge in [-0.1, -0.05) is 19.9 Å². The minimum atomic E-state index is 0. The van der Waals surface area contributed by atoms with Gasteiger partial charge in [-0.25, -0.2) is 9.98 Å². The van der Waals surface area contributed by atoms with Crippen LogP contribution in [0, 0.1) is 11.8 Å². The second kappa shape index (κ2) is 10.7. The van der Waals surface area contributed by atoms with Gasteiger partial charge in [-0.15, -0.1) is 24.0 Å². The summed E-state index contributed by atoms with van der Waals surface area (Å²) in [6.45, 7) is 10.9. The summed E-state index contributed by atoms with van der Waals surface area (Å²) in [5.74, 6) is 2.87. The maximum atomic E-state index is 5.66. The Balaban J connectivity index is 0.00000288. The molecule has 0 bridgehead atoms. The Kier molecular flexibility index (Phi) is 9.39. The lowest BCUT2D eigenvalue weighted by Gasteiger charge is -2.20. The molecule has 1 saturated carbocycles. The van der Waals surface area contributed by atoms with Crippen LogP contribution in [-0.2, 0) is 6.54 Å². The summed E-state index contributed by atoms with van der Waals surface area (Å²) in [7, 11) is 0. The highest BCUT2D eigenvalue weighted by molar-refractivity contribution is 14.0. The van der Waals surface area contributed by atoms with Crippen LogP contribution >= 0.6 is 24.0 Å². The smallest absolute Gasteiger partial charge is 0.213 e. The Morgan fingerprint density at radius 3 is 2.62 bits per heavy atom. The average molecular weight is 446 g/mol. The zero-order chi connectivity index (χ0) is 16.7. The maximum Gasteiger partial charge on any atom is 0.213 e. The van der Waals surface area contributed by atoms with Crippen LogP contribution in [0.2, 0.25) is 0 Å². The lowest BCUT2D eigenvalue weighted by Crippen LogP contribution is -2.44. The lowest BCUT2D eigenvalue weighted by atomic mass is 10.1. The standard InChI is InChI=1S/C18H30N4O.HI/c1-5-19-18(22-14(4)13(2)3)21-11-16-8-9-17(20-10-16)23-12-15-6-7-15;/h8-10,13-15H,5-7,11-12H2,1-4H3,(H2,19,21,22);1H. The molecule has 1 unspecified atom stereocenters. The molecule has 1 aromatic heterocycles.